The van der Waals surface area contributed by atoms with Crippen molar-refractivity contribution in [1.29, 1.82) is 0 Å². The SMILES string of the molecule is COc1cnn(CCN(C)C)c1C(NN)C1CC1C. The highest BCUT2D eigenvalue weighted by Gasteiger charge is 2.42. The van der Waals surface area contributed by atoms with Crippen molar-refractivity contribution in [3.05, 3.63) is 11.9 Å². The quantitative estimate of drug-likeness (QED) is 0.560. The zero-order chi connectivity index (χ0) is 14.0. The Balaban J connectivity index is 2.22. The number of hydrogen-bond donors (Lipinski definition) is 2. The van der Waals surface area contributed by atoms with E-state index in [1.807, 2.05) is 4.68 Å². The Labute approximate surface area is 114 Å². The predicted molar refractivity (Wildman–Crippen MR) is 74.7 cm³/mol. The average Bonchev–Trinajstić information content (AvgIpc) is 2.95. The van der Waals surface area contributed by atoms with Crippen LogP contribution in [0, 0.1) is 11.8 Å². The number of nitrogens with one attached hydrogen (secondary N) is 1. The maximum absolute atomic E-state index is 5.76. The lowest BCUT2D eigenvalue weighted by Gasteiger charge is -2.20. The molecule has 1 aromatic rings. The molecule has 1 aliphatic rings. The molecule has 19 heavy (non-hydrogen) atoms. The maximum Gasteiger partial charge on any atom is 0.161 e. The summed E-state index contributed by atoms with van der Waals surface area (Å²) in [6.45, 7) is 4.03. The number of ether oxygens (including phenoxy) is 1. The maximum atomic E-state index is 5.76. The predicted octanol–water partition coefficient (Wildman–Crippen LogP) is 0.614. The molecule has 1 aliphatic carbocycles. The van der Waals surface area contributed by atoms with Gasteiger partial charge in [0.15, 0.2) is 5.75 Å². The van der Waals surface area contributed by atoms with Crippen molar-refractivity contribution < 1.29 is 4.74 Å². The van der Waals surface area contributed by atoms with E-state index in [0.717, 1.165) is 24.5 Å². The second-order valence-corrected chi connectivity index (χ2v) is 5.65. The summed E-state index contributed by atoms with van der Waals surface area (Å²) in [6.07, 6.45) is 2.99. The minimum absolute atomic E-state index is 0.120. The summed E-state index contributed by atoms with van der Waals surface area (Å²) in [4.78, 5) is 2.14. The first-order valence-corrected chi connectivity index (χ1v) is 6.79. The van der Waals surface area contributed by atoms with Crippen LogP contribution in [0.25, 0.3) is 0 Å². The van der Waals surface area contributed by atoms with Crippen LogP contribution < -0.4 is 16.0 Å². The molecule has 1 aromatic heterocycles. The Morgan fingerprint density at radius 1 is 1.63 bits per heavy atom. The van der Waals surface area contributed by atoms with Crippen molar-refractivity contribution in [2.75, 3.05) is 27.7 Å². The number of rotatable bonds is 7. The molecule has 3 unspecified atom stereocenters. The van der Waals surface area contributed by atoms with Crippen molar-refractivity contribution in [3.8, 4) is 5.75 Å². The lowest BCUT2D eigenvalue weighted by molar-refractivity contribution is 0.345. The average molecular weight is 267 g/mol. The van der Waals surface area contributed by atoms with Gasteiger partial charge in [-0.05, 0) is 32.4 Å². The Morgan fingerprint density at radius 3 is 2.79 bits per heavy atom. The largest absolute Gasteiger partial charge is 0.493 e. The molecule has 3 N–H and O–H groups in total. The summed E-state index contributed by atoms with van der Waals surface area (Å²) in [5.41, 5.74) is 4.02. The fourth-order valence-corrected chi connectivity index (χ4v) is 2.54. The second kappa shape index (κ2) is 5.90. The highest BCUT2D eigenvalue weighted by atomic mass is 16.5. The molecule has 0 amide bonds. The van der Waals surface area contributed by atoms with Gasteiger partial charge in [0, 0.05) is 6.54 Å². The fourth-order valence-electron chi connectivity index (χ4n) is 2.54. The summed E-state index contributed by atoms with van der Waals surface area (Å²) in [6, 6.07) is 0.120. The molecule has 0 aliphatic heterocycles. The molecule has 6 nitrogen and oxygen atoms in total. The standard InChI is InChI=1S/C13H25N5O/c1-9-7-10(9)12(16-14)13-11(19-4)8-15-18(13)6-5-17(2)3/h8-10,12,16H,5-7,14H2,1-4H3. The zero-order valence-corrected chi connectivity index (χ0v) is 12.3. The monoisotopic (exact) mass is 267 g/mol. The van der Waals surface area contributed by atoms with Gasteiger partial charge in [0.1, 0.15) is 0 Å². The van der Waals surface area contributed by atoms with Crippen molar-refractivity contribution in [2.45, 2.75) is 25.9 Å². The summed E-state index contributed by atoms with van der Waals surface area (Å²) < 4.78 is 7.44. The first kappa shape index (κ1) is 14.3. The van der Waals surface area contributed by atoms with Crippen LogP contribution in [0.2, 0.25) is 0 Å². The van der Waals surface area contributed by atoms with Gasteiger partial charge in [0.25, 0.3) is 0 Å². The fraction of sp³-hybridized carbons (Fsp3) is 0.769. The van der Waals surface area contributed by atoms with Gasteiger partial charge in [-0.15, -0.1) is 0 Å². The van der Waals surface area contributed by atoms with Crippen LogP contribution in [0.3, 0.4) is 0 Å². The van der Waals surface area contributed by atoms with Gasteiger partial charge < -0.3 is 9.64 Å². The molecule has 1 fully saturated rings. The summed E-state index contributed by atoms with van der Waals surface area (Å²) >= 11 is 0. The number of hydrazine groups is 1. The van der Waals surface area contributed by atoms with Gasteiger partial charge in [0.05, 0.1) is 31.6 Å². The number of likely N-dealkylation sites (N-methyl/N-ethyl adjacent to an activating group) is 1. The lowest BCUT2D eigenvalue weighted by Crippen LogP contribution is -2.33. The van der Waals surface area contributed by atoms with Gasteiger partial charge in [-0.2, -0.15) is 5.10 Å². The number of nitrogens with zero attached hydrogens (tertiary/aromatic N) is 3. The number of methoxy groups -OCH3 is 1. The molecule has 0 aromatic carbocycles. The highest BCUT2D eigenvalue weighted by Crippen LogP contribution is 2.48. The Hall–Kier alpha value is -1.11. The van der Waals surface area contributed by atoms with Crippen LogP contribution in [-0.4, -0.2) is 42.4 Å². The molecule has 0 saturated heterocycles. The van der Waals surface area contributed by atoms with Crippen LogP contribution in [0.1, 0.15) is 25.1 Å². The van der Waals surface area contributed by atoms with Crippen LogP contribution in [0.15, 0.2) is 6.20 Å². The van der Waals surface area contributed by atoms with Gasteiger partial charge >= 0.3 is 0 Å². The Bertz CT molecular complexity index is 417. The smallest absolute Gasteiger partial charge is 0.161 e. The number of aromatic nitrogens is 2. The van der Waals surface area contributed by atoms with Crippen LogP contribution in [0.5, 0.6) is 5.75 Å². The van der Waals surface area contributed by atoms with E-state index in [-0.39, 0.29) is 6.04 Å². The minimum atomic E-state index is 0.120. The summed E-state index contributed by atoms with van der Waals surface area (Å²) in [5, 5.41) is 4.43. The molecule has 1 saturated carbocycles. The van der Waals surface area contributed by atoms with E-state index in [0.29, 0.717) is 11.8 Å². The molecule has 108 valence electrons. The van der Waals surface area contributed by atoms with Crippen molar-refractivity contribution in [1.82, 2.24) is 20.1 Å². The Kier molecular flexibility index (Phi) is 4.44. The summed E-state index contributed by atoms with van der Waals surface area (Å²) in [7, 11) is 5.80. The van der Waals surface area contributed by atoms with E-state index in [4.69, 9.17) is 10.6 Å². The molecule has 3 atom stereocenters. The van der Waals surface area contributed by atoms with Crippen molar-refractivity contribution in [3.63, 3.8) is 0 Å². The summed E-state index contributed by atoms with van der Waals surface area (Å²) in [5.74, 6) is 7.87. The number of hydrogen-bond acceptors (Lipinski definition) is 5. The van der Waals surface area contributed by atoms with Crippen molar-refractivity contribution in [2.24, 2.45) is 17.7 Å². The van der Waals surface area contributed by atoms with Crippen LogP contribution in [-0.2, 0) is 6.54 Å². The van der Waals surface area contributed by atoms with E-state index in [1.54, 1.807) is 13.3 Å². The highest BCUT2D eigenvalue weighted by molar-refractivity contribution is 5.30. The lowest BCUT2D eigenvalue weighted by atomic mass is 10.1. The third-order valence-corrected chi connectivity index (χ3v) is 3.90. The van der Waals surface area contributed by atoms with Gasteiger partial charge in [0.2, 0.25) is 0 Å². The third kappa shape index (κ3) is 3.08. The van der Waals surface area contributed by atoms with Crippen LogP contribution >= 0.6 is 0 Å². The first-order valence-electron chi connectivity index (χ1n) is 6.79. The normalized spacial score (nSPS) is 23.7. The topological polar surface area (TPSA) is 68.3 Å². The van der Waals surface area contributed by atoms with E-state index in [2.05, 4.69) is 36.4 Å². The van der Waals surface area contributed by atoms with Gasteiger partial charge in [-0.1, -0.05) is 6.92 Å². The molecular weight excluding hydrogens is 242 g/mol. The minimum Gasteiger partial charge on any atom is -0.493 e. The first-order chi connectivity index (χ1) is 9.08. The molecule has 2 rings (SSSR count). The Morgan fingerprint density at radius 2 is 2.32 bits per heavy atom. The van der Waals surface area contributed by atoms with E-state index in [1.165, 1.54) is 6.42 Å². The van der Waals surface area contributed by atoms with Gasteiger partial charge in [-0.3, -0.25) is 16.0 Å². The zero-order valence-electron chi connectivity index (χ0n) is 12.3. The van der Waals surface area contributed by atoms with E-state index < -0.39 is 0 Å². The molecule has 6 heteroatoms. The van der Waals surface area contributed by atoms with E-state index in [9.17, 15) is 0 Å². The molecular formula is C13H25N5O. The van der Waals surface area contributed by atoms with Crippen molar-refractivity contribution >= 4 is 0 Å². The number of nitrogens with two attached hydrogens (primary N) is 1. The molecule has 0 radical (unpaired) electrons. The molecule has 0 bridgehead atoms. The second-order valence-electron chi connectivity index (χ2n) is 5.65. The molecule has 0 spiro atoms. The van der Waals surface area contributed by atoms with E-state index >= 15 is 0 Å². The third-order valence-electron chi connectivity index (χ3n) is 3.90. The molecule has 1 heterocycles. The van der Waals surface area contributed by atoms with Crippen LogP contribution in [0.4, 0.5) is 0 Å². The van der Waals surface area contributed by atoms with Gasteiger partial charge in [-0.25, -0.2) is 0 Å².